The van der Waals surface area contributed by atoms with Gasteiger partial charge in [-0.15, -0.1) is 0 Å². The summed E-state index contributed by atoms with van der Waals surface area (Å²) in [5, 5.41) is 3.30. The highest BCUT2D eigenvalue weighted by Gasteiger charge is 2.28. The van der Waals surface area contributed by atoms with Crippen molar-refractivity contribution in [2.45, 2.75) is 64.0 Å². The summed E-state index contributed by atoms with van der Waals surface area (Å²) in [6.07, 6.45) is 11.6. The molecule has 2 fully saturated rings. The van der Waals surface area contributed by atoms with E-state index < -0.39 is 0 Å². The maximum absolute atomic E-state index is 12.6. The Balaban J connectivity index is 1.39. The first kappa shape index (κ1) is 18.2. The van der Waals surface area contributed by atoms with Gasteiger partial charge in [0.15, 0.2) is 0 Å². The molecule has 0 spiro atoms. The normalized spacial score (nSPS) is 22.8. The predicted molar refractivity (Wildman–Crippen MR) is 101 cm³/mol. The van der Waals surface area contributed by atoms with Crippen molar-refractivity contribution in [2.75, 3.05) is 26.2 Å². The van der Waals surface area contributed by atoms with E-state index in [4.69, 9.17) is 0 Å². The first-order chi connectivity index (χ1) is 12.3. The van der Waals surface area contributed by atoms with Crippen LogP contribution in [0.4, 0.5) is 4.79 Å². The molecule has 0 radical (unpaired) electrons. The van der Waals surface area contributed by atoms with Gasteiger partial charge in [0, 0.05) is 50.7 Å². The molecule has 3 rings (SSSR count). The lowest BCUT2D eigenvalue weighted by atomic mass is 10.00. The van der Waals surface area contributed by atoms with Gasteiger partial charge in [-0.25, -0.2) is 4.79 Å². The van der Waals surface area contributed by atoms with Gasteiger partial charge in [-0.3, -0.25) is 4.98 Å². The summed E-state index contributed by atoms with van der Waals surface area (Å²) in [7, 11) is 0. The summed E-state index contributed by atoms with van der Waals surface area (Å²) in [5.74, 6) is 0. The highest BCUT2D eigenvalue weighted by Crippen LogP contribution is 2.20. The molecule has 0 unspecified atom stereocenters. The number of hydrogen-bond donors (Lipinski definition) is 1. The fraction of sp³-hybridized carbons (Fsp3) is 0.700. The van der Waals surface area contributed by atoms with E-state index in [9.17, 15) is 4.79 Å². The number of amides is 2. The van der Waals surface area contributed by atoms with Gasteiger partial charge >= 0.3 is 6.03 Å². The molecule has 1 atom stereocenters. The third-order valence-electron chi connectivity index (χ3n) is 5.74. The molecule has 1 aromatic rings. The van der Waals surface area contributed by atoms with Gasteiger partial charge in [0.05, 0.1) is 0 Å². The molecule has 0 bridgehead atoms. The maximum Gasteiger partial charge on any atom is 0.317 e. The molecule has 5 heteroatoms. The fourth-order valence-electron chi connectivity index (χ4n) is 4.09. The first-order valence-corrected chi connectivity index (χ1v) is 9.94. The van der Waals surface area contributed by atoms with E-state index in [-0.39, 0.29) is 6.03 Å². The molecule has 2 saturated heterocycles. The summed E-state index contributed by atoms with van der Waals surface area (Å²) in [6.45, 7) is 6.36. The summed E-state index contributed by atoms with van der Waals surface area (Å²) in [5.41, 5.74) is 1.35. The number of rotatable bonds is 5. The number of nitrogens with one attached hydrogen (secondary N) is 1. The minimum atomic E-state index is 0.168. The topological polar surface area (TPSA) is 48.5 Å². The van der Waals surface area contributed by atoms with Crippen LogP contribution in [-0.4, -0.2) is 59.1 Å². The van der Waals surface area contributed by atoms with Crippen LogP contribution in [0.15, 0.2) is 24.5 Å². The monoisotopic (exact) mass is 344 g/mol. The van der Waals surface area contributed by atoms with Gasteiger partial charge in [-0.2, -0.15) is 0 Å². The van der Waals surface area contributed by atoms with Crippen LogP contribution in [-0.2, 0) is 6.42 Å². The van der Waals surface area contributed by atoms with Crippen molar-refractivity contribution in [2.24, 2.45) is 0 Å². The number of hydrogen-bond acceptors (Lipinski definition) is 3. The lowest BCUT2D eigenvalue weighted by Gasteiger charge is -2.38. The number of pyridine rings is 1. The van der Waals surface area contributed by atoms with Crippen molar-refractivity contribution in [1.82, 2.24) is 20.1 Å². The molecule has 5 nitrogen and oxygen atoms in total. The molecule has 0 saturated carbocycles. The lowest BCUT2D eigenvalue weighted by Crippen LogP contribution is -2.53. The Labute approximate surface area is 151 Å². The Hall–Kier alpha value is -1.62. The van der Waals surface area contributed by atoms with Crippen molar-refractivity contribution < 1.29 is 4.79 Å². The minimum absolute atomic E-state index is 0.168. The highest BCUT2D eigenvalue weighted by atomic mass is 16.2. The molecule has 0 aromatic carbocycles. The van der Waals surface area contributed by atoms with Crippen molar-refractivity contribution in [1.29, 1.82) is 0 Å². The van der Waals surface area contributed by atoms with Crippen LogP contribution in [0.5, 0.6) is 0 Å². The third-order valence-corrected chi connectivity index (χ3v) is 5.74. The summed E-state index contributed by atoms with van der Waals surface area (Å²) in [6, 6.07) is 5.13. The highest BCUT2D eigenvalue weighted by molar-refractivity contribution is 5.75. The van der Waals surface area contributed by atoms with E-state index >= 15 is 0 Å². The van der Waals surface area contributed by atoms with E-state index in [0.29, 0.717) is 12.1 Å². The van der Waals surface area contributed by atoms with Crippen LogP contribution < -0.4 is 5.32 Å². The Bertz CT molecular complexity index is 528. The van der Waals surface area contributed by atoms with Crippen molar-refractivity contribution in [3.05, 3.63) is 30.1 Å². The molecule has 2 amide bonds. The van der Waals surface area contributed by atoms with Crippen LogP contribution in [0.2, 0.25) is 0 Å². The smallest absolute Gasteiger partial charge is 0.317 e. The number of aromatic nitrogens is 1. The van der Waals surface area contributed by atoms with E-state index in [0.717, 1.165) is 64.7 Å². The fourth-order valence-corrected chi connectivity index (χ4v) is 4.09. The van der Waals surface area contributed by atoms with Crippen LogP contribution in [0.25, 0.3) is 0 Å². The van der Waals surface area contributed by atoms with Crippen LogP contribution in [0, 0.1) is 0 Å². The quantitative estimate of drug-likeness (QED) is 0.893. The predicted octanol–water partition coefficient (Wildman–Crippen LogP) is 3.06. The summed E-state index contributed by atoms with van der Waals surface area (Å²) < 4.78 is 0. The zero-order valence-electron chi connectivity index (χ0n) is 15.5. The SMILES string of the molecule is CC[C@@H]1CCCCN1C(=O)NC1CCN(CCc2ccncc2)CC1. The van der Waals surface area contributed by atoms with Gasteiger partial charge in [0.25, 0.3) is 0 Å². The molecule has 1 N–H and O–H groups in total. The summed E-state index contributed by atoms with van der Waals surface area (Å²) >= 11 is 0. The molecule has 3 heterocycles. The second-order valence-electron chi connectivity index (χ2n) is 7.42. The minimum Gasteiger partial charge on any atom is -0.335 e. The second-order valence-corrected chi connectivity index (χ2v) is 7.42. The van der Waals surface area contributed by atoms with Gasteiger partial charge < -0.3 is 15.1 Å². The van der Waals surface area contributed by atoms with Crippen LogP contribution >= 0.6 is 0 Å². The Morgan fingerprint density at radius 3 is 2.64 bits per heavy atom. The zero-order chi connectivity index (χ0) is 17.5. The molecular formula is C20H32N4O. The van der Waals surface area contributed by atoms with E-state index in [1.54, 1.807) is 0 Å². The maximum atomic E-state index is 12.6. The van der Waals surface area contributed by atoms with Crippen molar-refractivity contribution >= 4 is 6.03 Å². The van der Waals surface area contributed by atoms with Gasteiger partial charge in [-0.1, -0.05) is 6.92 Å². The number of urea groups is 1. The lowest BCUT2D eigenvalue weighted by molar-refractivity contribution is 0.137. The molecule has 0 aliphatic carbocycles. The Kier molecular flexibility index (Phi) is 6.68. The third kappa shape index (κ3) is 5.18. The van der Waals surface area contributed by atoms with Crippen molar-refractivity contribution in [3.63, 3.8) is 0 Å². The average Bonchev–Trinajstić information content (AvgIpc) is 2.68. The summed E-state index contributed by atoms with van der Waals surface area (Å²) in [4.78, 5) is 21.3. The molecular weight excluding hydrogens is 312 g/mol. The zero-order valence-corrected chi connectivity index (χ0v) is 15.5. The first-order valence-electron chi connectivity index (χ1n) is 9.94. The van der Waals surface area contributed by atoms with Gasteiger partial charge in [0.1, 0.15) is 0 Å². The number of piperidine rings is 2. The van der Waals surface area contributed by atoms with Crippen LogP contribution in [0.1, 0.15) is 51.0 Å². The standard InChI is InChI=1S/C20H32N4O/c1-2-19-5-3-4-13-24(19)20(25)22-18-9-15-23(16-10-18)14-8-17-6-11-21-12-7-17/h6-7,11-12,18-19H,2-5,8-10,13-16H2,1H3,(H,22,25)/t19-/m1/s1. The van der Waals surface area contributed by atoms with E-state index in [1.807, 2.05) is 12.4 Å². The Morgan fingerprint density at radius 1 is 1.16 bits per heavy atom. The van der Waals surface area contributed by atoms with Crippen LogP contribution in [0.3, 0.4) is 0 Å². The molecule has 138 valence electrons. The van der Waals surface area contributed by atoms with E-state index in [1.165, 1.54) is 12.0 Å². The number of carbonyl (C=O) groups excluding carboxylic acids is 1. The molecule has 25 heavy (non-hydrogen) atoms. The largest absolute Gasteiger partial charge is 0.335 e. The molecule has 2 aliphatic heterocycles. The van der Waals surface area contributed by atoms with E-state index in [2.05, 4.69) is 39.2 Å². The average molecular weight is 345 g/mol. The van der Waals surface area contributed by atoms with Gasteiger partial charge in [0.2, 0.25) is 0 Å². The second kappa shape index (κ2) is 9.18. The Morgan fingerprint density at radius 2 is 1.92 bits per heavy atom. The molecule has 2 aliphatic rings. The number of carbonyl (C=O) groups is 1. The number of likely N-dealkylation sites (tertiary alicyclic amines) is 2. The van der Waals surface area contributed by atoms with Crippen molar-refractivity contribution in [3.8, 4) is 0 Å². The number of nitrogens with zero attached hydrogens (tertiary/aromatic N) is 3. The molecule has 1 aromatic heterocycles. The van der Waals surface area contributed by atoms with Gasteiger partial charge in [-0.05, 0) is 62.6 Å².